The van der Waals surface area contributed by atoms with Crippen molar-refractivity contribution in [2.75, 3.05) is 20.8 Å². The zero-order chi connectivity index (χ0) is 20.7. The Morgan fingerprint density at radius 2 is 1.57 bits per heavy atom. The van der Waals surface area contributed by atoms with Gasteiger partial charge in [0, 0.05) is 12.6 Å². The molecule has 0 saturated carbocycles. The van der Waals surface area contributed by atoms with Gasteiger partial charge in [-0.2, -0.15) is 0 Å². The smallest absolute Gasteiger partial charge is 0.338 e. The molecule has 0 unspecified atom stereocenters. The normalized spacial score (nSPS) is 11.1. The lowest BCUT2D eigenvalue weighted by Crippen LogP contribution is -2.34. The number of hydrogen-bond acceptors (Lipinski definition) is 7. The second-order valence-electron chi connectivity index (χ2n) is 5.44. The van der Waals surface area contributed by atoms with Crippen LogP contribution in [-0.2, 0) is 24.4 Å². The number of imide groups is 1. The molecule has 2 rings (SSSR count). The Bertz CT molecular complexity index is 957. The Morgan fingerprint density at radius 1 is 0.964 bits per heavy atom. The molecule has 2 aromatic carbocycles. The first kappa shape index (κ1) is 21.2. The quantitative estimate of drug-likeness (QED) is 0.538. The third kappa shape index (κ3) is 5.22. The van der Waals surface area contributed by atoms with Crippen LogP contribution in [0.4, 0.5) is 0 Å². The van der Waals surface area contributed by atoms with Crippen LogP contribution in [-0.4, -0.2) is 51.4 Å². The van der Waals surface area contributed by atoms with Crippen LogP contribution in [0.1, 0.15) is 20.7 Å². The van der Waals surface area contributed by atoms with Gasteiger partial charge in [0.1, 0.15) is 0 Å². The number of benzene rings is 2. The summed E-state index contributed by atoms with van der Waals surface area (Å²) >= 11 is 0. The number of esters is 1. The topological polar surface area (TPSA) is 119 Å². The summed E-state index contributed by atoms with van der Waals surface area (Å²) in [6.07, 6.45) is 0. The molecule has 0 aliphatic carbocycles. The summed E-state index contributed by atoms with van der Waals surface area (Å²) in [7, 11) is -1.41. The van der Waals surface area contributed by atoms with Crippen LogP contribution >= 0.6 is 0 Å². The molecule has 0 fully saturated rings. The SMILES string of the molecule is CON(C)S(=O)(=O)c1ccc(C(=O)OCC(=O)NC(=O)c2ccccc2)cc1. The monoisotopic (exact) mass is 406 g/mol. The summed E-state index contributed by atoms with van der Waals surface area (Å²) in [6, 6.07) is 13.0. The highest BCUT2D eigenvalue weighted by Gasteiger charge is 2.21. The fourth-order valence-corrected chi connectivity index (χ4v) is 3.02. The van der Waals surface area contributed by atoms with Gasteiger partial charge in [-0.05, 0) is 36.4 Å². The Morgan fingerprint density at radius 3 is 2.14 bits per heavy atom. The number of rotatable bonds is 7. The summed E-state index contributed by atoms with van der Waals surface area (Å²) in [6.45, 7) is -0.663. The highest BCUT2D eigenvalue weighted by Crippen LogP contribution is 2.15. The van der Waals surface area contributed by atoms with Crippen LogP contribution in [0, 0.1) is 0 Å². The molecule has 2 amide bonds. The maximum atomic E-state index is 12.1. The van der Waals surface area contributed by atoms with Crippen LogP contribution in [0.15, 0.2) is 59.5 Å². The lowest BCUT2D eigenvalue weighted by Gasteiger charge is -2.14. The van der Waals surface area contributed by atoms with E-state index < -0.39 is 34.4 Å². The van der Waals surface area contributed by atoms with Gasteiger partial charge < -0.3 is 4.74 Å². The summed E-state index contributed by atoms with van der Waals surface area (Å²) in [5.74, 6) is -2.24. The Balaban J connectivity index is 1.92. The lowest BCUT2D eigenvalue weighted by atomic mass is 10.2. The average Bonchev–Trinajstić information content (AvgIpc) is 2.72. The molecule has 0 heterocycles. The molecular weight excluding hydrogens is 388 g/mol. The molecule has 0 saturated heterocycles. The molecule has 9 nitrogen and oxygen atoms in total. The van der Waals surface area contributed by atoms with E-state index >= 15 is 0 Å². The van der Waals surface area contributed by atoms with Gasteiger partial charge in [0.25, 0.3) is 21.8 Å². The average molecular weight is 406 g/mol. The van der Waals surface area contributed by atoms with E-state index in [0.29, 0.717) is 10.0 Å². The Kier molecular flexibility index (Phi) is 6.99. The van der Waals surface area contributed by atoms with E-state index in [4.69, 9.17) is 4.74 Å². The van der Waals surface area contributed by atoms with Crippen molar-refractivity contribution >= 4 is 27.8 Å². The highest BCUT2D eigenvalue weighted by atomic mass is 32.2. The molecule has 10 heteroatoms. The van der Waals surface area contributed by atoms with Crippen molar-refractivity contribution < 1.29 is 32.4 Å². The molecule has 0 bridgehead atoms. The van der Waals surface area contributed by atoms with E-state index in [0.717, 1.165) is 0 Å². The molecule has 0 radical (unpaired) electrons. The number of hydroxylamine groups is 1. The van der Waals surface area contributed by atoms with Crippen LogP contribution in [0.25, 0.3) is 0 Å². The van der Waals surface area contributed by atoms with E-state index in [1.54, 1.807) is 18.2 Å². The first-order valence-electron chi connectivity index (χ1n) is 7.95. The van der Waals surface area contributed by atoms with Gasteiger partial charge in [-0.1, -0.05) is 22.7 Å². The molecule has 0 atom stereocenters. The van der Waals surface area contributed by atoms with Crippen LogP contribution < -0.4 is 5.32 Å². The van der Waals surface area contributed by atoms with Gasteiger partial charge >= 0.3 is 5.97 Å². The molecule has 0 aromatic heterocycles. The maximum Gasteiger partial charge on any atom is 0.338 e. The number of amides is 2. The minimum absolute atomic E-state index is 0.0428. The van der Waals surface area contributed by atoms with Gasteiger partial charge in [0.2, 0.25) is 0 Å². The van der Waals surface area contributed by atoms with Gasteiger partial charge in [0.15, 0.2) is 6.61 Å². The number of ether oxygens (including phenoxy) is 1. The first-order valence-corrected chi connectivity index (χ1v) is 9.39. The number of sulfonamides is 1. The number of carbonyl (C=O) groups excluding carboxylic acids is 3. The van der Waals surface area contributed by atoms with Crippen LogP contribution in [0.5, 0.6) is 0 Å². The van der Waals surface area contributed by atoms with Crippen LogP contribution in [0.2, 0.25) is 0 Å². The highest BCUT2D eigenvalue weighted by molar-refractivity contribution is 7.89. The second kappa shape index (κ2) is 9.22. The van der Waals surface area contributed by atoms with Gasteiger partial charge in [0.05, 0.1) is 17.6 Å². The van der Waals surface area contributed by atoms with Crippen molar-refractivity contribution in [2.24, 2.45) is 0 Å². The third-order valence-corrected chi connectivity index (χ3v) is 5.30. The minimum Gasteiger partial charge on any atom is -0.452 e. The fourth-order valence-electron chi connectivity index (χ4n) is 2.05. The number of carbonyl (C=O) groups is 3. The predicted octanol–water partition coefficient (Wildman–Crippen LogP) is 0.982. The second-order valence-corrected chi connectivity index (χ2v) is 7.38. The number of nitrogens with zero attached hydrogens (tertiary/aromatic N) is 1. The van der Waals surface area contributed by atoms with E-state index in [9.17, 15) is 22.8 Å². The Labute approximate surface area is 161 Å². The van der Waals surface area contributed by atoms with Crippen molar-refractivity contribution in [3.8, 4) is 0 Å². The van der Waals surface area contributed by atoms with E-state index in [-0.39, 0.29) is 10.5 Å². The summed E-state index contributed by atoms with van der Waals surface area (Å²) < 4.78 is 29.7. The minimum atomic E-state index is -3.84. The van der Waals surface area contributed by atoms with E-state index in [2.05, 4.69) is 10.2 Å². The molecule has 1 N–H and O–H groups in total. The molecule has 28 heavy (non-hydrogen) atoms. The van der Waals surface area contributed by atoms with Crippen molar-refractivity contribution in [3.63, 3.8) is 0 Å². The number of hydrogen-bond donors (Lipinski definition) is 1. The van der Waals surface area contributed by atoms with Gasteiger partial charge in [-0.3, -0.25) is 19.7 Å². The zero-order valence-electron chi connectivity index (χ0n) is 15.1. The molecular formula is C18H18N2O7S. The lowest BCUT2D eigenvalue weighted by molar-refractivity contribution is -0.123. The summed E-state index contributed by atoms with van der Waals surface area (Å²) in [5, 5.41) is 2.10. The van der Waals surface area contributed by atoms with Crippen LogP contribution in [0.3, 0.4) is 0 Å². The van der Waals surface area contributed by atoms with Crippen molar-refractivity contribution in [1.82, 2.24) is 9.79 Å². The van der Waals surface area contributed by atoms with Gasteiger partial charge in [-0.25, -0.2) is 13.2 Å². The van der Waals surface area contributed by atoms with Gasteiger partial charge in [-0.15, -0.1) is 0 Å². The maximum absolute atomic E-state index is 12.1. The largest absolute Gasteiger partial charge is 0.452 e. The van der Waals surface area contributed by atoms with Crippen molar-refractivity contribution in [3.05, 3.63) is 65.7 Å². The molecule has 0 spiro atoms. The van der Waals surface area contributed by atoms with Crippen molar-refractivity contribution in [2.45, 2.75) is 4.90 Å². The molecule has 0 aliphatic rings. The zero-order valence-corrected chi connectivity index (χ0v) is 15.9. The van der Waals surface area contributed by atoms with E-state index in [1.165, 1.54) is 50.6 Å². The first-order chi connectivity index (χ1) is 13.3. The summed E-state index contributed by atoms with van der Waals surface area (Å²) in [5.41, 5.74) is 0.334. The van der Waals surface area contributed by atoms with Crippen molar-refractivity contribution in [1.29, 1.82) is 0 Å². The Hall–Kier alpha value is -3.08. The van der Waals surface area contributed by atoms with E-state index in [1.807, 2.05) is 0 Å². The molecule has 148 valence electrons. The standard InChI is InChI=1S/C18H18N2O7S/c1-20(26-2)28(24,25)15-10-8-14(9-11-15)18(23)27-12-16(21)19-17(22)13-6-4-3-5-7-13/h3-11H,12H2,1-2H3,(H,19,21,22). The predicted molar refractivity (Wildman–Crippen MR) is 97.6 cm³/mol. The molecule has 2 aromatic rings. The third-order valence-electron chi connectivity index (χ3n) is 3.61. The summed E-state index contributed by atoms with van der Waals surface area (Å²) in [4.78, 5) is 40.1. The fraction of sp³-hybridized carbons (Fsp3) is 0.167. The number of nitrogens with one attached hydrogen (secondary N) is 1. The molecule has 0 aliphatic heterocycles.